The molecule has 0 saturated heterocycles. The molecule has 0 aliphatic carbocycles. The summed E-state index contributed by atoms with van der Waals surface area (Å²) in [6.07, 6.45) is 8.47. The van der Waals surface area contributed by atoms with Gasteiger partial charge in [0.25, 0.3) is 0 Å². The molecule has 1 aliphatic rings. The van der Waals surface area contributed by atoms with E-state index in [2.05, 4.69) is 5.10 Å². The molecule has 0 radical (unpaired) electrons. The lowest BCUT2D eigenvalue weighted by atomic mass is 10.1. The minimum Gasteiger partial charge on any atom is -0.492 e. The second kappa shape index (κ2) is 9.60. The van der Waals surface area contributed by atoms with Crippen LogP contribution < -0.4 is 9.64 Å². The van der Waals surface area contributed by atoms with Gasteiger partial charge in [0.05, 0.1) is 32.0 Å². The number of hydrogen-bond acceptors (Lipinski definition) is 7. The Morgan fingerprint density at radius 3 is 2.37 bits per heavy atom. The highest BCUT2D eigenvalue weighted by Crippen LogP contribution is 2.27. The van der Waals surface area contributed by atoms with Gasteiger partial charge in [0.2, 0.25) is 0 Å². The summed E-state index contributed by atoms with van der Waals surface area (Å²) in [5.74, 6) is -0.605. The fourth-order valence-corrected chi connectivity index (χ4v) is 2.91. The quantitative estimate of drug-likeness (QED) is 0.650. The van der Waals surface area contributed by atoms with Gasteiger partial charge in [-0.05, 0) is 49.4 Å². The zero-order valence-corrected chi connectivity index (χ0v) is 17.1. The predicted molar refractivity (Wildman–Crippen MR) is 111 cm³/mol. The SMILES string of the molecule is COC(=O)C1=C(C(=O)OC)N(c2ccc(OCCn3ccc(C)n3)cc2)C=CC=C1. The fraction of sp³-hybridized carbons (Fsp3) is 0.227. The Hall–Kier alpha value is -3.81. The van der Waals surface area contributed by atoms with Crippen molar-refractivity contribution < 1.29 is 23.8 Å². The molecule has 8 nitrogen and oxygen atoms in total. The minimum absolute atomic E-state index is 0.0667. The highest BCUT2D eigenvalue weighted by molar-refractivity contribution is 6.05. The van der Waals surface area contributed by atoms with Crippen molar-refractivity contribution in [2.75, 3.05) is 25.7 Å². The van der Waals surface area contributed by atoms with E-state index in [1.165, 1.54) is 20.3 Å². The topological polar surface area (TPSA) is 82.9 Å². The summed E-state index contributed by atoms with van der Waals surface area (Å²) < 4.78 is 17.3. The molecule has 2 aromatic rings. The average Bonchev–Trinajstić information content (AvgIpc) is 3.05. The molecule has 1 aliphatic heterocycles. The molecular formula is C22H23N3O5. The average molecular weight is 409 g/mol. The van der Waals surface area contributed by atoms with Gasteiger partial charge < -0.3 is 19.1 Å². The maximum atomic E-state index is 12.4. The van der Waals surface area contributed by atoms with Gasteiger partial charge in [-0.1, -0.05) is 6.08 Å². The highest BCUT2D eigenvalue weighted by Gasteiger charge is 2.27. The first-order chi connectivity index (χ1) is 14.5. The van der Waals surface area contributed by atoms with E-state index >= 15 is 0 Å². The number of ether oxygens (including phenoxy) is 3. The van der Waals surface area contributed by atoms with Crippen LogP contribution in [-0.4, -0.2) is 42.5 Å². The summed E-state index contributed by atoms with van der Waals surface area (Å²) >= 11 is 0. The van der Waals surface area contributed by atoms with E-state index in [-0.39, 0.29) is 11.3 Å². The molecule has 0 spiro atoms. The first kappa shape index (κ1) is 20.9. The first-order valence-electron chi connectivity index (χ1n) is 9.31. The minimum atomic E-state index is -0.651. The number of aryl methyl sites for hydroxylation is 1. The van der Waals surface area contributed by atoms with Gasteiger partial charge in [0.1, 0.15) is 18.1 Å². The van der Waals surface area contributed by atoms with Crippen LogP contribution in [0.3, 0.4) is 0 Å². The molecule has 0 atom stereocenters. The second-order valence-corrected chi connectivity index (χ2v) is 6.38. The summed E-state index contributed by atoms with van der Waals surface area (Å²) in [7, 11) is 2.52. The zero-order chi connectivity index (χ0) is 21.5. The van der Waals surface area contributed by atoms with E-state index in [1.54, 1.807) is 47.5 Å². The number of esters is 2. The number of anilines is 1. The van der Waals surface area contributed by atoms with Gasteiger partial charge in [-0.3, -0.25) is 4.68 Å². The molecule has 0 saturated carbocycles. The van der Waals surface area contributed by atoms with Crippen molar-refractivity contribution in [2.24, 2.45) is 0 Å². The number of hydrogen-bond donors (Lipinski definition) is 0. The van der Waals surface area contributed by atoms with Crippen LogP contribution in [0.5, 0.6) is 5.75 Å². The Kier molecular flexibility index (Phi) is 6.69. The Bertz CT molecular complexity index is 1000. The number of rotatable bonds is 7. The first-order valence-corrected chi connectivity index (χ1v) is 9.31. The largest absolute Gasteiger partial charge is 0.492 e. The molecule has 0 amide bonds. The fourth-order valence-electron chi connectivity index (χ4n) is 2.91. The Morgan fingerprint density at radius 1 is 1.00 bits per heavy atom. The highest BCUT2D eigenvalue weighted by atomic mass is 16.5. The number of benzene rings is 1. The number of nitrogens with zero attached hydrogens (tertiary/aromatic N) is 3. The number of aromatic nitrogens is 2. The lowest BCUT2D eigenvalue weighted by Crippen LogP contribution is -2.26. The van der Waals surface area contributed by atoms with Gasteiger partial charge in [0, 0.05) is 18.1 Å². The van der Waals surface area contributed by atoms with Crippen molar-refractivity contribution in [2.45, 2.75) is 13.5 Å². The molecule has 30 heavy (non-hydrogen) atoms. The smallest absolute Gasteiger partial charge is 0.355 e. The van der Waals surface area contributed by atoms with Crippen LogP contribution in [0.1, 0.15) is 5.69 Å². The Morgan fingerprint density at radius 2 is 1.73 bits per heavy atom. The van der Waals surface area contributed by atoms with E-state index in [1.807, 2.05) is 23.9 Å². The van der Waals surface area contributed by atoms with Gasteiger partial charge in [-0.25, -0.2) is 9.59 Å². The van der Waals surface area contributed by atoms with Gasteiger partial charge in [0.15, 0.2) is 0 Å². The molecule has 8 heteroatoms. The van der Waals surface area contributed by atoms with E-state index in [4.69, 9.17) is 14.2 Å². The van der Waals surface area contributed by atoms with Crippen LogP contribution in [0.4, 0.5) is 5.69 Å². The summed E-state index contributed by atoms with van der Waals surface area (Å²) in [4.78, 5) is 26.2. The Labute approximate surface area is 174 Å². The van der Waals surface area contributed by atoms with Crippen LogP contribution >= 0.6 is 0 Å². The van der Waals surface area contributed by atoms with Gasteiger partial charge >= 0.3 is 11.9 Å². The summed E-state index contributed by atoms with van der Waals surface area (Å²) in [6, 6.07) is 9.11. The van der Waals surface area contributed by atoms with Crippen molar-refractivity contribution in [3.63, 3.8) is 0 Å². The summed E-state index contributed by atoms with van der Waals surface area (Å²) in [5, 5.41) is 4.32. The van der Waals surface area contributed by atoms with Crippen LogP contribution in [0, 0.1) is 6.92 Å². The lowest BCUT2D eigenvalue weighted by Gasteiger charge is -2.23. The molecular weight excluding hydrogens is 386 g/mol. The van der Waals surface area contributed by atoms with Crippen molar-refractivity contribution in [3.05, 3.63) is 77.9 Å². The summed E-state index contributed by atoms with van der Waals surface area (Å²) in [6.45, 7) is 3.03. The maximum absolute atomic E-state index is 12.4. The maximum Gasteiger partial charge on any atom is 0.355 e. The molecule has 156 valence electrons. The number of carbonyl (C=O) groups excluding carboxylic acids is 2. The monoisotopic (exact) mass is 409 g/mol. The number of allylic oxidation sites excluding steroid dienone is 2. The van der Waals surface area contributed by atoms with E-state index in [0.717, 1.165) is 5.69 Å². The zero-order valence-electron chi connectivity index (χ0n) is 17.1. The molecule has 2 heterocycles. The second-order valence-electron chi connectivity index (χ2n) is 6.38. The lowest BCUT2D eigenvalue weighted by molar-refractivity contribution is -0.139. The van der Waals surface area contributed by atoms with Gasteiger partial charge in [-0.15, -0.1) is 0 Å². The normalized spacial score (nSPS) is 13.2. The van der Waals surface area contributed by atoms with Crippen LogP contribution in [0.2, 0.25) is 0 Å². The van der Waals surface area contributed by atoms with E-state index < -0.39 is 11.9 Å². The van der Waals surface area contributed by atoms with Crippen molar-refractivity contribution in [3.8, 4) is 5.75 Å². The van der Waals surface area contributed by atoms with Crippen molar-refractivity contribution >= 4 is 17.6 Å². The van der Waals surface area contributed by atoms with Gasteiger partial charge in [-0.2, -0.15) is 5.10 Å². The van der Waals surface area contributed by atoms with Crippen molar-refractivity contribution in [1.82, 2.24) is 9.78 Å². The molecule has 0 unspecified atom stereocenters. The molecule has 0 bridgehead atoms. The number of carbonyl (C=O) groups is 2. The molecule has 0 N–H and O–H groups in total. The van der Waals surface area contributed by atoms with Crippen LogP contribution in [0.25, 0.3) is 0 Å². The standard InChI is InChI=1S/C22H23N3O5/c1-16-11-13-24(23-16)14-15-30-18-9-7-17(8-10-18)25-12-5-4-6-19(21(26)28-2)20(25)22(27)29-3/h4-13H,14-15H2,1-3H3. The van der Waals surface area contributed by atoms with E-state index in [0.29, 0.717) is 24.6 Å². The Balaban J connectivity index is 1.79. The van der Waals surface area contributed by atoms with Crippen LogP contribution in [0.15, 0.2) is 72.2 Å². The summed E-state index contributed by atoms with van der Waals surface area (Å²) in [5.41, 5.74) is 1.79. The third-order valence-corrected chi connectivity index (χ3v) is 4.37. The third kappa shape index (κ3) is 4.78. The molecule has 0 fully saturated rings. The third-order valence-electron chi connectivity index (χ3n) is 4.37. The predicted octanol–water partition coefficient (Wildman–Crippen LogP) is 2.76. The van der Waals surface area contributed by atoms with Crippen molar-refractivity contribution in [1.29, 1.82) is 0 Å². The van der Waals surface area contributed by atoms with E-state index in [9.17, 15) is 9.59 Å². The number of methoxy groups -OCH3 is 2. The molecule has 1 aromatic heterocycles. The molecule has 1 aromatic carbocycles. The van der Waals surface area contributed by atoms with Crippen LogP contribution in [-0.2, 0) is 25.6 Å². The molecule has 3 rings (SSSR count).